The van der Waals surface area contributed by atoms with Crippen molar-refractivity contribution < 1.29 is 14.3 Å². The number of nitrogens with one attached hydrogen (secondary N) is 1. The second-order valence-corrected chi connectivity index (χ2v) is 8.46. The van der Waals surface area contributed by atoms with Crippen molar-refractivity contribution in [2.75, 3.05) is 26.5 Å². The minimum absolute atomic E-state index is 0.0415. The first kappa shape index (κ1) is 20.4. The Morgan fingerprint density at radius 3 is 2.79 bits per heavy atom. The number of aromatic nitrogens is 2. The summed E-state index contributed by atoms with van der Waals surface area (Å²) in [4.78, 5) is 23.0. The van der Waals surface area contributed by atoms with E-state index in [0.29, 0.717) is 30.2 Å². The van der Waals surface area contributed by atoms with Crippen LogP contribution in [0.15, 0.2) is 35.6 Å². The van der Waals surface area contributed by atoms with Crippen LogP contribution in [-0.4, -0.2) is 42.4 Å². The summed E-state index contributed by atoms with van der Waals surface area (Å²) >= 11 is 3.25. The van der Waals surface area contributed by atoms with Gasteiger partial charge in [0.05, 0.1) is 14.2 Å². The topological polar surface area (TPSA) is 73.3 Å². The van der Waals surface area contributed by atoms with E-state index in [2.05, 4.69) is 28.3 Å². The van der Waals surface area contributed by atoms with Crippen LogP contribution in [0.5, 0.6) is 11.5 Å². The molecule has 0 unspecified atom stereocenters. The number of nitrogens with zero attached hydrogens (tertiary/aromatic N) is 2. The molecule has 1 amide bonds. The number of methoxy groups -OCH3 is 2. The molecule has 8 heteroatoms. The maximum absolute atomic E-state index is 12.1. The quantitative estimate of drug-likeness (QED) is 0.421. The molecule has 2 heterocycles. The summed E-state index contributed by atoms with van der Waals surface area (Å²) in [5.41, 5.74) is 1.09. The Bertz CT molecular complexity index is 959. The summed E-state index contributed by atoms with van der Waals surface area (Å²) in [5, 5.41) is 4.98. The largest absolute Gasteiger partial charge is 0.493 e. The Labute approximate surface area is 172 Å². The minimum Gasteiger partial charge on any atom is -0.493 e. The molecule has 2 aromatic heterocycles. The van der Waals surface area contributed by atoms with E-state index >= 15 is 0 Å². The van der Waals surface area contributed by atoms with Crippen molar-refractivity contribution in [1.82, 2.24) is 15.3 Å². The Morgan fingerprint density at radius 2 is 2.00 bits per heavy atom. The van der Waals surface area contributed by atoms with Gasteiger partial charge in [-0.2, -0.15) is 0 Å². The van der Waals surface area contributed by atoms with Gasteiger partial charge in [0.2, 0.25) is 5.91 Å². The molecule has 0 aliphatic rings. The molecule has 0 fully saturated rings. The average molecular weight is 418 g/mol. The van der Waals surface area contributed by atoms with Crippen molar-refractivity contribution in [3.63, 3.8) is 0 Å². The van der Waals surface area contributed by atoms with Gasteiger partial charge in [-0.3, -0.25) is 4.79 Å². The highest BCUT2D eigenvalue weighted by atomic mass is 32.2. The van der Waals surface area contributed by atoms with Crippen LogP contribution in [0.25, 0.3) is 10.2 Å². The monoisotopic (exact) mass is 417 g/mol. The van der Waals surface area contributed by atoms with Crippen molar-refractivity contribution in [1.29, 1.82) is 0 Å². The zero-order valence-electron chi connectivity index (χ0n) is 16.2. The first-order valence-electron chi connectivity index (χ1n) is 8.92. The van der Waals surface area contributed by atoms with Crippen LogP contribution in [0.1, 0.15) is 16.9 Å². The first-order valence-corrected chi connectivity index (χ1v) is 10.7. The molecule has 6 nitrogen and oxygen atoms in total. The third kappa shape index (κ3) is 5.14. The first-order chi connectivity index (χ1) is 13.6. The zero-order chi connectivity index (χ0) is 19.9. The lowest BCUT2D eigenvalue weighted by Crippen LogP contribution is -2.25. The van der Waals surface area contributed by atoms with Gasteiger partial charge in [-0.15, -0.1) is 23.1 Å². The van der Waals surface area contributed by atoms with E-state index in [1.54, 1.807) is 43.6 Å². The van der Waals surface area contributed by atoms with Crippen molar-refractivity contribution in [3.8, 4) is 11.5 Å². The number of ether oxygens (including phenoxy) is 2. The molecule has 3 aromatic rings. The van der Waals surface area contributed by atoms with Gasteiger partial charge in [-0.25, -0.2) is 9.97 Å². The van der Waals surface area contributed by atoms with Crippen LogP contribution in [0.3, 0.4) is 0 Å². The highest BCUT2D eigenvalue weighted by molar-refractivity contribution is 7.99. The number of rotatable bonds is 9. The molecule has 0 saturated heterocycles. The molecule has 0 spiro atoms. The molecule has 3 rings (SSSR count). The number of carbonyl (C=O) groups excluding carboxylic acids is 1. The predicted molar refractivity (Wildman–Crippen MR) is 114 cm³/mol. The molecule has 0 aliphatic carbocycles. The van der Waals surface area contributed by atoms with Crippen molar-refractivity contribution in [3.05, 3.63) is 41.0 Å². The summed E-state index contributed by atoms with van der Waals surface area (Å²) < 4.78 is 10.5. The minimum atomic E-state index is 0.0415. The number of thioether (sulfide) groups is 1. The molecule has 28 heavy (non-hydrogen) atoms. The van der Waals surface area contributed by atoms with Crippen molar-refractivity contribution in [2.45, 2.75) is 24.8 Å². The summed E-state index contributed by atoms with van der Waals surface area (Å²) in [6.07, 6.45) is 2.77. The number of carbonyl (C=O) groups is 1. The second-order valence-electron chi connectivity index (χ2n) is 6.14. The number of thiophene rings is 1. The molecule has 0 saturated carbocycles. The Balaban J connectivity index is 1.43. The number of hydrogen-bond acceptors (Lipinski definition) is 7. The van der Waals surface area contributed by atoms with Crippen LogP contribution in [0.2, 0.25) is 0 Å². The van der Waals surface area contributed by atoms with E-state index in [0.717, 1.165) is 27.2 Å². The van der Waals surface area contributed by atoms with E-state index < -0.39 is 0 Å². The van der Waals surface area contributed by atoms with Crippen molar-refractivity contribution in [2.24, 2.45) is 0 Å². The van der Waals surface area contributed by atoms with E-state index in [-0.39, 0.29) is 5.91 Å². The zero-order valence-corrected chi connectivity index (χ0v) is 17.8. The van der Waals surface area contributed by atoms with Gasteiger partial charge < -0.3 is 14.8 Å². The normalized spacial score (nSPS) is 10.8. The summed E-state index contributed by atoms with van der Waals surface area (Å²) in [7, 11) is 3.23. The third-order valence-corrected chi connectivity index (χ3v) is 6.13. The molecular formula is C20H23N3O3S2. The Kier molecular flexibility index (Phi) is 7.11. The van der Waals surface area contributed by atoms with Crippen molar-refractivity contribution >= 4 is 39.2 Å². The molecule has 0 atom stereocenters. The number of hydrogen-bond donors (Lipinski definition) is 1. The van der Waals surface area contributed by atoms with Gasteiger partial charge >= 0.3 is 0 Å². The number of fused-ring (bicyclic) bond motifs is 1. The SMILES string of the molecule is COc1ccc(CCNC(=O)CCSc2ncnc3sc(C)cc23)cc1OC. The van der Waals surface area contributed by atoms with E-state index in [1.165, 1.54) is 4.88 Å². The van der Waals surface area contributed by atoms with E-state index in [1.807, 2.05) is 18.2 Å². The third-order valence-electron chi connectivity index (χ3n) is 4.17. The lowest BCUT2D eigenvalue weighted by Gasteiger charge is -2.10. The van der Waals surface area contributed by atoms with Crippen LogP contribution < -0.4 is 14.8 Å². The molecule has 0 bridgehead atoms. The Morgan fingerprint density at radius 1 is 1.18 bits per heavy atom. The van der Waals surface area contributed by atoms with Gasteiger partial charge in [-0.05, 0) is 37.1 Å². The number of benzene rings is 1. The summed E-state index contributed by atoms with van der Waals surface area (Å²) in [6.45, 7) is 2.65. The molecule has 1 N–H and O–H groups in total. The fourth-order valence-corrected chi connectivity index (χ4v) is 4.61. The van der Waals surface area contributed by atoms with Gasteiger partial charge in [0, 0.05) is 29.0 Å². The van der Waals surface area contributed by atoms with Crippen LogP contribution in [-0.2, 0) is 11.2 Å². The van der Waals surface area contributed by atoms with Gasteiger partial charge in [-0.1, -0.05) is 6.07 Å². The van der Waals surface area contributed by atoms with E-state index in [4.69, 9.17) is 9.47 Å². The van der Waals surface area contributed by atoms with Crippen LogP contribution in [0.4, 0.5) is 0 Å². The van der Waals surface area contributed by atoms with Gasteiger partial charge in [0.1, 0.15) is 16.2 Å². The maximum atomic E-state index is 12.1. The Hall–Kier alpha value is -2.32. The molecule has 0 aliphatic heterocycles. The molecule has 148 valence electrons. The highest BCUT2D eigenvalue weighted by Gasteiger charge is 2.09. The summed E-state index contributed by atoms with van der Waals surface area (Å²) in [5.74, 6) is 2.12. The lowest BCUT2D eigenvalue weighted by molar-refractivity contribution is -0.120. The van der Waals surface area contributed by atoms with Gasteiger partial charge in [0.15, 0.2) is 11.5 Å². The second kappa shape index (κ2) is 9.75. The molecular weight excluding hydrogens is 394 g/mol. The fourth-order valence-electron chi connectivity index (χ4n) is 2.78. The summed E-state index contributed by atoms with van der Waals surface area (Å²) in [6, 6.07) is 7.89. The fraction of sp³-hybridized carbons (Fsp3) is 0.350. The van der Waals surface area contributed by atoms with E-state index in [9.17, 15) is 4.79 Å². The maximum Gasteiger partial charge on any atom is 0.220 e. The van der Waals surface area contributed by atoms with Crippen LogP contribution >= 0.6 is 23.1 Å². The predicted octanol–water partition coefficient (Wildman–Crippen LogP) is 3.86. The average Bonchev–Trinajstić information content (AvgIpc) is 3.09. The lowest BCUT2D eigenvalue weighted by atomic mass is 10.1. The van der Waals surface area contributed by atoms with Crippen LogP contribution in [0, 0.1) is 6.92 Å². The van der Waals surface area contributed by atoms with Gasteiger partial charge in [0.25, 0.3) is 0 Å². The standard InChI is InChI=1S/C20H23N3O3S2/c1-13-10-15-19(22-12-23-20(15)28-13)27-9-7-18(24)21-8-6-14-4-5-16(25-2)17(11-14)26-3/h4-5,10-12H,6-9H2,1-3H3,(H,21,24). The molecule has 1 aromatic carbocycles. The number of aryl methyl sites for hydroxylation is 1. The smallest absolute Gasteiger partial charge is 0.220 e. The molecule has 0 radical (unpaired) electrons. The number of amides is 1. The highest BCUT2D eigenvalue weighted by Crippen LogP contribution is 2.30.